The largest absolute Gasteiger partial charge is 0.391 e. The van der Waals surface area contributed by atoms with Crippen LogP contribution >= 0.6 is 0 Å². The lowest BCUT2D eigenvalue weighted by Crippen LogP contribution is -2.38. The Morgan fingerprint density at radius 1 is 1.42 bits per heavy atom. The average Bonchev–Trinajstić information content (AvgIpc) is 2.72. The van der Waals surface area contributed by atoms with Crippen molar-refractivity contribution in [1.82, 2.24) is 9.78 Å². The van der Waals surface area contributed by atoms with Crippen molar-refractivity contribution in [3.63, 3.8) is 0 Å². The number of hydrogen-bond donors (Lipinski definition) is 1. The van der Waals surface area contributed by atoms with Crippen LogP contribution in [0.5, 0.6) is 0 Å². The summed E-state index contributed by atoms with van der Waals surface area (Å²) in [6.45, 7) is 0. The molecule has 0 saturated heterocycles. The highest BCUT2D eigenvalue weighted by Gasteiger charge is 2.44. The molecule has 1 aliphatic carbocycles. The average molecular weight is 276 g/mol. The molecule has 19 heavy (non-hydrogen) atoms. The minimum atomic E-state index is -4.12. The molecule has 3 nitrogen and oxygen atoms in total. The third kappa shape index (κ3) is 3.72. The van der Waals surface area contributed by atoms with Crippen LogP contribution in [0, 0.1) is 5.92 Å². The summed E-state index contributed by atoms with van der Waals surface area (Å²) in [7, 11) is 1.81. The summed E-state index contributed by atoms with van der Waals surface area (Å²) in [4.78, 5) is 0. The topological polar surface area (TPSA) is 38.0 Å². The molecule has 2 rings (SSSR count). The molecule has 0 spiro atoms. The van der Waals surface area contributed by atoms with Gasteiger partial charge in [-0.1, -0.05) is 0 Å². The molecule has 1 fully saturated rings. The molecule has 6 heteroatoms. The summed E-state index contributed by atoms with van der Waals surface area (Å²) < 4.78 is 39.3. The Kier molecular flexibility index (Phi) is 3.90. The van der Waals surface area contributed by atoms with Gasteiger partial charge in [0.05, 0.1) is 17.7 Å². The highest BCUT2D eigenvalue weighted by molar-refractivity contribution is 5.05. The van der Waals surface area contributed by atoms with E-state index in [1.807, 2.05) is 13.2 Å². The molecule has 0 amide bonds. The monoisotopic (exact) mass is 276 g/mol. The van der Waals surface area contributed by atoms with Gasteiger partial charge in [0.1, 0.15) is 0 Å². The predicted octanol–water partition coefficient (Wildman–Crippen LogP) is 2.84. The third-order valence-corrected chi connectivity index (χ3v) is 4.02. The van der Waals surface area contributed by atoms with Gasteiger partial charge in [-0.2, -0.15) is 18.3 Å². The van der Waals surface area contributed by atoms with Crippen molar-refractivity contribution in [2.45, 2.75) is 50.3 Å². The Hall–Kier alpha value is -1.04. The van der Waals surface area contributed by atoms with Crippen LogP contribution in [0.1, 0.15) is 37.7 Å². The maximum Gasteiger partial charge on any atom is 0.391 e. The van der Waals surface area contributed by atoms with E-state index in [0.29, 0.717) is 12.8 Å². The van der Waals surface area contributed by atoms with E-state index in [0.717, 1.165) is 5.56 Å². The lowest BCUT2D eigenvalue weighted by Gasteiger charge is -2.36. The molecule has 1 aromatic rings. The van der Waals surface area contributed by atoms with Gasteiger partial charge in [0.15, 0.2) is 0 Å². The fraction of sp³-hybridized carbons (Fsp3) is 0.769. The molecule has 1 aromatic heterocycles. The number of aliphatic hydroxyl groups is 1. The van der Waals surface area contributed by atoms with Gasteiger partial charge in [0.2, 0.25) is 0 Å². The number of hydrogen-bond acceptors (Lipinski definition) is 2. The maximum atomic E-state index is 12.6. The first kappa shape index (κ1) is 14.4. The van der Waals surface area contributed by atoms with Crippen LogP contribution in [-0.2, 0) is 13.5 Å². The lowest BCUT2D eigenvalue weighted by atomic mass is 9.76. The molecule has 1 aliphatic rings. The lowest BCUT2D eigenvalue weighted by molar-refractivity contribution is -0.192. The van der Waals surface area contributed by atoms with Gasteiger partial charge in [-0.15, -0.1) is 0 Å². The highest BCUT2D eigenvalue weighted by atomic mass is 19.4. The zero-order valence-corrected chi connectivity index (χ0v) is 11.0. The van der Waals surface area contributed by atoms with Crippen LogP contribution in [0.4, 0.5) is 13.2 Å². The fourth-order valence-corrected chi connectivity index (χ4v) is 2.71. The summed E-state index contributed by atoms with van der Waals surface area (Å²) in [5.41, 5.74) is 0.0614. The van der Waals surface area contributed by atoms with E-state index < -0.39 is 17.7 Å². The van der Waals surface area contributed by atoms with Crippen molar-refractivity contribution >= 4 is 0 Å². The number of rotatable bonds is 3. The number of nitrogens with zero attached hydrogens (tertiary/aromatic N) is 2. The summed E-state index contributed by atoms with van der Waals surface area (Å²) in [5.74, 6) is -1.24. The maximum absolute atomic E-state index is 12.6. The molecule has 0 atom stereocenters. The van der Waals surface area contributed by atoms with E-state index in [2.05, 4.69) is 5.10 Å². The first-order valence-electron chi connectivity index (χ1n) is 6.55. The zero-order valence-electron chi connectivity index (χ0n) is 11.0. The van der Waals surface area contributed by atoms with Crippen LogP contribution < -0.4 is 0 Å². The van der Waals surface area contributed by atoms with Crippen molar-refractivity contribution in [3.05, 3.63) is 18.0 Å². The molecule has 1 N–H and O–H groups in total. The Balaban J connectivity index is 1.85. The predicted molar refractivity (Wildman–Crippen MR) is 64.5 cm³/mol. The van der Waals surface area contributed by atoms with E-state index in [1.165, 1.54) is 0 Å². The third-order valence-electron chi connectivity index (χ3n) is 4.02. The first-order valence-corrected chi connectivity index (χ1v) is 6.55. The van der Waals surface area contributed by atoms with Crippen LogP contribution in [0.15, 0.2) is 12.4 Å². The summed E-state index contributed by atoms with van der Waals surface area (Å²) in [6.07, 6.45) is 1.17. The smallest absolute Gasteiger partial charge is 0.390 e. The first-order chi connectivity index (χ1) is 8.78. The molecule has 0 aliphatic heterocycles. The fourth-order valence-electron chi connectivity index (χ4n) is 2.71. The normalized spacial score (nSPS) is 28.6. The summed E-state index contributed by atoms with van der Waals surface area (Å²) in [5, 5.41) is 14.4. The Morgan fingerprint density at radius 2 is 2.05 bits per heavy atom. The van der Waals surface area contributed by atoms with Gasteiger partial charge in [0, 0.05) is 13.2 Å². The molecular weight excluding hydrogens is 257 g/mol. The SMILES string of the molecule is Cn1cc(CCC2(O)CCC(C(F)(F)F)CC2)cn1. The molecule has 1 saturated carbocycles. The second-order valence-corrected chi connectivity index (χ2v) is 5.56. The summed E-state index contributed by atoms with van der Waals surface area (Å²) in [6, 6.07) is 0. The second-order valence-electron chi connectivity index (χ2n) is 5.56. The van der Waals surface area contributed by atoms with Crippen molar-refractivity contribution in [3.8, 4) is 0 Å². The second kappa shape index (κ2) is 5.15. The molecule has 1 heterocycles. The minimum Gasteiger partial charge on any atom is -0.390 e. The van der Waals surface area contributed by atoms with Crippen LogP contribution in [0.3, 0.4) is 0 Å². The standard InChI is InChI=1S/C13H19F3N2O/c1-18-9-10(8-17-18)2-5-12(19)6-3-11(4-7-12)13(14,15)16/h8-9,11,19H,2-7H2,1H3. The molecule has 0 unspecified atom stereocenters. The number of aryl methyl sites for hydroxylation is 2. The number of alkyl halides is 3. The van der Waals surface area contributed by atoms with E-state index >= 15 is 0 Å². The number of aromatic nitrogens is 2. The Bertz CT molecular complexity index is 420. The Morgan fingerprint density at radius 3 is 2.53 bits per heavy atom. The molecule has 0 aromatic carbocycles. The van der Waals surface area contributed by atoms with E-state index in [9.17, 15) is 18.3 Å². The molecule has 0 radical (unpaired) electrons. The van der Waals surface area contributed by atoms with Crippen LogP contribution in [-0.4, -0.2) is 26.7 Å². The molecular formula is C13H19F3N2O. The van der Waals surface area contributed by atoms with E-state index in [4.69, 9.17) is 0 Å². The summed E-state index contributed by atoms with van der Waals surface area (Å²) >= 11 is 0. The van der Waals surface area contributed by atoms with E-state index in [1.54, 1.807) is 10.9 Å². The van der Waals surface area contributed by atoms with Crippen molar-refractivity contribution in [1.29, 1.82) is 0 Å². The van der Waals surface area contributed by atoms with Gasteiger partial charge in [-0.3, -0.25) is 4.68 Å². The minimum absolute atomic E-state index is 0.0348. The van der Waals surface area contributed by atoms with Gasteiger partial charge >= 0.3 is 6.18 Å². The van der Waals surface area contributed by atoms with E-state index in [-0.39, 0.29) is 25.7 Å². The van der Waals surface area contributed by atoms with Crippen LogP contribution in [0.2, 0.25) is 0 Å². The van der Waals surface area contributed by atoms with Crippen molar-refractivity contribution in [2.75, 3.05) is 0 Å². The Labute approximate surface area is 110 Å². The van der Waals surface area contributed by atoms with Gasteiger partial charge in [0.25, 0.3) is 0 Å². The van der Waals surface area contributed by atoms with Gasteiger partial charge in [-0.25, -0.2) is 0 Å². The molecule has 108 valence electrons. The zero-order chi connectivity index (χ0) is 14.1. The van der Waals surface area contributed by atoms with Crippen LogP contribution in [0.25, 0.3) is 0 Å². The van der Waals surface area contributed by atoms with Crippen molar-refractivity contribution in [2.24, 2.45) is 13.0 Å². The van der Waals surface area contributed by atoms with Crippen molar-refractivity contribution < 1.29 is 18.3 Å². The molecule has 0 bridgehead atoms. The quantitative estimate of drug-likeness (QED) is 0.922. The van der Waals surface area contributed by atoms with Gasteiger partial charge in [-0.05, 0) is 44.1 Å². The highest BCUT2D eigenvalue weighted by Crippen LogP contribution is 2.42. The van der Waals surface area contributed by atoms with Gasteiger partial charge < -0.3 is 5.11 Å². The number of halogens is 3.